The van der Waals surface area contributed by atoms with Crippen LogP contribution in [-0.2, 0) is 0 Å². The third-order valence-electron chi connectivity index (χ3n) is 1.52. The van der Waals surface area contributed by atoms with Crippen LogP contribution in [0.2, 0.25) is 0 Å². The first-order chi connectivity index (χ1) is 7.49. The second kappa shape index (κ2) is 5.41. The minimum Gasteiger partial charge on any atom is -0.508 e. The molecule has 0 aliphatic rings. The van der Waals surface area contributed by atoms with Gasteiger partial charge in [0.15, 0.2) is 0 Å². The molecule has 16 heavy (non-hydrogen) atoms. The lowest BCUT2D eigenvalue weighted by atomic mass is 10.3. The highest BCUT2D eigenvalue weighted by Crippen LogP contribution is 2.31. The fourth-order valence-corrected chi connectivity index (χ4v) is 1.51. The van der Waals surface area contributed by atoms with Crippen LogP contribution in [0.5, 0.6) is 11.5 Å². The quantitative estimate of drug-likeness (QED) is 0.320. The van der Waals surface area contributed by atoms with E-state index in [2.05, 4.69) is 10.5 Å². The number of hydrazone groups is 1. The number of thioether (sulfide) groups is 1. The summed E-state index contributed by atoms with van der Waals surface area (Å²) in [5.41, 5.74) is 3.01. The zero-order chi connectivity index (χ0) is 12.1. The van der Waals surface area contributed by atoms with Crippen LogP contribution in [0.15, 0.2) is 28.2 Å². The topological polar surface area (TPSA) is 81.9 Å². The first-order valence-corrected chi connectivity index (χ1v) is 5.31. The maximum absolute atomic E-state index is 11.3. The summed E-state index contributed by atoms with van der Waals surface area (Å²) in [4.78, 5) is 11.6. The predicted octanol–water partition coefficient (Wildman–Crippen LogP) is 2.30. The second-order valence-electron chi connectivity index (χ2n) is 3.21. The molecule has 0 bridgehead atoms. The molecule has 1 amide bonds. The van der Waals surface area contributed by atoms with Crippen LogP contribution in [0.4, 0.5) is 4.79 Å². The molecule has 0 aliphatic carbocycles. The number of carbonyl (C=O) groups is 1. The third-order valence-corrected chi connectivity index (χ3v) is 2.34. The smallest absolute Gasteiger partial charge is 0.304 e. The van der Waals surface area contributed by atoms with E-state index in [1.165, 1.54) is 18.2 Å². The van der Waals surface area contributed by atoms with E-state index in [9.17, 15) is 15.0 Å². The van der Waals surface area contributed by atoms with Crippen molar-refractivity contribution in [3.8, 4) is 11.5 Å². The lowest BCUT2D eigenvalue weighted by Gasteiger charge is -2.03. The molecule has 0 saturated heterocycles. The maximum Gasteiger partial charge on any atom is 0.304 e. The number of aromatic hydroxyl groups is 2. The Bertz CT molecular complexity index is 428. The van der Waals surface area contributed by atoms with Crippen LogP contribution in [0.3, 0.4) is 0 Å². The zero-order valence-electron chi connectivity index (χ0n) is 8.89. The number of nitrogens with zero attached hydrogens (tertiary/aromatic N) is 1. The average molecular weight is 240 g/mol. The number of hydrogen-bond acceptors (Lipinski definition) is 5. The highest BCUT2D eigenvalue weighted by Gasteiger charge is 2.08. The Labute approximate surface area is 97.2 Å². The molecular weight excluding hydrogens is 228 g/mol. The van der Waals surface area contributed by atoms with Crippen molar-refractivity contribution < 1.29 is 15.0 Å². The molecule has 0 atom stereocenters. The lowest BCUT2D eigenvalue weighted by Crippen LogP contribution is -2.12. The number of rotatable bonds is 2. The molecule has 3 N–H and O–H groups in total. The van der Waals surface area contributed by atoms with Crippen LogP contribution in [0, 0.1) is 0 Å². The minimum absolute atomic E-state index is 0.0109. The van der Waals surface area contributed by atoms with Crippen molar-refractivity contribution >= 4 is 22.7 Å². The fourth-order valence-electron chi connectivity index (χ4n) is 0.865. The van der Waals surface area contributed by atoms with Gasteiger partial charge in [-0.1, -0.05) is 0 Å². The van der Waals surface area contributed by atoms with Crippen molar-refractivity contribution in [3.63, 3.8) is 0 Å². The van der Waals surface area contributed by atoms with Gasteiger partial charge in [0.2, 0.25) is 0 Å². The summed E-state index contributed by atoms with van der Waals surface area (Å²) < 4.78 is 0. The molecule has 0 aliphatic heterocycles. The van der Waals surface area contributed by atoms with Crippen molar-refractivity contribution in [1.82, 2.24) is 5.43 Å². The van der Waals surface area contributed by atoms with E-state index in [4.69, 9.17) is 0 Å². The summed E-state index contributed by atoms with van der Waals surface area (Å²) in [6.45, 7) is 3.49. The van der Waals surface area contributed by atoms with Crippen LogP contribution >= 0.6 is 11.8 Å². The maximum atomic E-state index is 11.3. The van der Waals surface area contributed by atoms with Crippen LogP contribution in [0.25, 0.3) is 0 Å². The fraction of sp³-hybridized carbons (Fsp3) is 0.200. The molecule has 1 aromatic carbocycles. The Morgan fingerprint density at radius 3 is 2.69 bits per heavy atom. The molecule has 5 nitrogen and oxygen atoms in total. The number of nitrogens with one attached hydrogen (secondary N) is 1. The molecule has 0 unspecified atom stereocenters. The molecule has 0 fully saturated rings. The highest BCUT2D eigenvalue weighted by molar-refractivity contribution is 8.13. The monoisotopic (exact) mass is 240 g/mol. The standard InChI is InChI=1S/C10H12N2O3S/c1-6(2)11-12-10(15)16-9-5-7(13)3-4-8(9)14/h3-5,13-14H,1-2H3,(H,12,15). The van der Waals surface area contributed by atoms with Crippen molar-refractivity contribution in [3.05, 3.63) is 18.2 Å². The molecule has 0 heterocycles. The second-order valence-corrected chi connectivity index (χ2v) is 4.23. The molecular formula is C10H12N2O3S. The first-order valence-electron chi connectivity index (χ1n) is 4.49. The molecule has 0 aromatic heterocycles. The summed E-state index contributed by atoms with van der Waals surface area (Å²) >= 11 is 0.759. The van der Waals surface area contributed by atoms with Crippen molar-refractivity contribution in [1.29, 1.82) is 0 Å². The minimum atomic E-state index is -0.429. The van der Waals surface area contributed by atoms with Gasteiger partial charge in [0.1, 0.15) is 11.5 Å². The number of phenols is 2. The van der Waals surface area contributed by atoms with Crippen LogP contribution in [-0.4, -0.2) is 21.2 Å². The largest absolute Gasteiger partial charge is 0.508 e. The normalized spacial score (nSPS) is 9.62. The number of benzene rings is 1. The molecule has 6 heteroatoms. The number of phenolic OH excluding ortho intramolecular Hbond substituents is 2. The average Bonchev–Trinajstić information content (AvgIpc) is 2.20. The van der Waals surface area contributed by atoms with Crippen molar-refractivity contribution in [2.75, 3.05) is 0 Å². The van der Waals surface area contributed by atoms with Crippen molar-refractivity contribution in [2.24, 2.45) is 5.10 Å². The summed E-state index contributed by atoms with van der Waals surface area (Å²) in [6.07, 6.45) is 0. The molecule has 0 saturated carbocycles. The molecule has 0 radical (unpaired) electrons. The van der Waals surface area contributed by atoms with E-state index in [0.29, 0.717) is 5.71 Å². The summed E-state index contributed by atoms with van der Waals surface area (Å²) in [6, 6.07) is 3.97. The summed E-state index contributed by atoms with van der Waals surface area (Å²) in [5.74, 6) is -0.0709. The highest BCUT2D eigenvalue weighted by atomic mass is 32.2. The lowest BCUT2D eigenvalue weighted by molar-refractivity contribution is 0.261. The van der Waals surface area contributed by atoms with E-state index in [0.717, 1.165) is 11.8 Å². The zero-order valence-corrected chi connectivity index (χ0v) is 9.71. The third kappa shape index (κ3) is 3.82. The molecule has 86 valence electrons. The van der Waals surface area contributed by atoms with Crippen LogP contribution in [0.1, 0.15) is 13.8 Å². The van der Waals surface area contributed by atoms with Gasteiger partial charge in [-0.05, 0) is 43.8 Å². The Kier molecular flexibility index (Phi) is 4.19. The van der Waals surface area contributed by atoms with E-state index < -0.39 is 5.24 Å². The molecule has 1 aromatic rings. The van der Waals surface area contributed by atoms with Gasteiger partial charge in [-0.2, -0.15) is 5.10 Å². The Morgan fingerprint density at radius 1 is 1.38 bits per heavy atom. The van der Waals surface area contributed by atoms with E-state index in [1.54, 1.807) is 13.8 Å². The number of amides is 1. The Hall–Kier alpha value is -1.69. The SMILES string of the molecule is CC(C)=NNC(=O)Sc1cc(O)ccc1O. The van der Waals surface area contributed by atoms with Gasteiger partial charge in [0.25, 0.3) is 0 Å². The van der Waals surface area contributed by atoms with Gasteiger partial charge in [0.05, 0.1) is 4.90 Å². The van der Waals surface area contributed by atoms with Gasteiger partial charge in [-0.25, -0.2) is 5.43 Å². The Morgan fingerprint density at radius 2 is 2.06 bits per heavy atom. The molecule has 1 rings (SSSR count). The first kappa shape index (κ1) is 12.4. The van der Waals surface area contributed by atoms with Gasteiger partial charge < -0.3 is 10.2 Å². The summed E-state index contributed by atoms with van der Waals surface area (Å²) in [5, 5.41) is 21.9. The Balaban J connectivity index is 2.69. The molecule has 0 spiro atoms. The predicted molar refractivity (Wildman–Crippen MR) is 62.9 cm³/mol. The number of carbonyl (C=O) groups excluding carboxylic acids is 1. The van der Waals surface area contributed by atoms with Gasteiger partial charge >= 0.3 is 5.24 Å². The number of hydrogen-bond donors (Lipinski definition) is 3. The van der Waals surface area contributed by atoms with Crippen molar-refractivity contribution in [2.45, 2.75) is 18.7 Å². The van der Waals surface area contributed by atoms with E-state index in [1.807, 2.05) is 0 Å². The van der Waals surface area contributed by atoms with Crippen LogP contribution < -0.4 is 5.43 Å². The van der Waals surface area contributed by atoms with E-state index >= 15 is 0 Å². The van der Waals surface area contributed by atoms with E-state index in [-0.39, 0.29) is 16.4 Å². The summed E-state index contributed by atoms with van der Waals surface area (Å²) in [7, 11) is 0. The van der Waals surface area contributed by atoms with Gasteiger partial charge in [-0.15, -0.1) is 0 Å². The van der Waals surface area contributed by atoms with Gasteiger partial charge in [-0.3, -0.25) is 4.79 Å². The van der Waals surface area contributed by atoms with Gasteiger partial charge in [0, 0.05) is 5.71 Å².